The highest BCUT2D eigenvalue weighted by atomic mass is 35.5. The average molecular weight is 444 g/mol. The molecule has 1 aliphatic rings. The molecule has 4 rings (SSSR count). The lowest BCUT2D eigenvalue weighted by atomic mass is 10.2. The van der Waals surface area contributed by atoms with Gasteiger partial charge in [-0.3, -0.25) is 0 Å². The van der Waals surface area contributed by atoms with Gasteiger partial charge in [0.2, 0.25) is 15.9 Å². The second kappa shape index (κ2) is 7.18. The average Bonchev–Trinajstić information content (AvgIpc) is 3.35. The smallest absolute Gasteiger partial charge is 0.257 e. The lowest BCUT2D eigenvalue weighted by Crippen LogP contribution is -2.30. The SMILES string of the molecule is Cc1ccc(-c2nnc([C@@H]3CCCN3S(=O)(=O)c3ccc(Cl)c(Cl)c3)o2)s1. The summed E-state index contributed by atoms with van der Waals surface area (Å²) < 4.78 is 33.4. The maximum Gasteiger partial charge on any atom is 0.257 e. The van der Waals surface area contributed by atoms with Crippen LogP contribution in [0.2, 0.25) is 10.0 Å². The van der Waals surface area contributed by atoms with E-state index in [2.05, 4.69) is 10.2 Å². The zero-order chi connectivity index (χ0) is 19.2. The molecule has 6 nitrogen and oxygen atoms in total. The van der Waals surface area contributed by atoms with Crippen LogP contribution in [-0.2, 0) is 10.0 Å². The number of hydrogen-bond donors (Lipinski definition) is 0. The first-order chi connectivity index (χ1) is 12.9. The van der Waals surface area contributed by atoms with Gasteiger partial charge in [-0.25, -0.2) is 8.42 Å². The van der Waals surface area contributed by atoms with Gasteiger partial charge >= 0.3 is 0 Å². The third kappa shape index (κ3) is 3.52. The summed E-state index contributed by atoms with van der Waals surface area (Å²) in [5.74, 6) is 0.707. The van der Waals surface area contributed by atoms with Crippen molar-refractivity contribution in [2.24, 2.45) is 0 Å². The molecule has 0 amide bonds. The van der Waals surface area contributed by atoms with Gasteiger partial charge in [-0.15, -0.1) is 21.5 Å². The van der Waals surface area contributed by atoms with Crippen molar-refractivity contribution in [3.05, 3.63) is 51.1 Å². The molecule has 0 aliphatic carbocycles. The van der Waals surface area contributed by atoms with Crippen LogP contribution in [0.4, 0.5) is 0 Å². The number of aromatic nitrogens is 2. The van der Waals surface area contributed by atoms with Crippen LogP contribution < -0.4 is 0 Å². The van der Waals surface area contributed by atoms with Crippen molar-refractivity contribution in [2.75, 3.05) is 6.54 Å². The summed E-state index contributed by atoms with van der Waals surface area (Å²) in [4.78, 5) is 2.09. The number of rotatable bonds is 4. The first-order valence-electron chi connectivity index (χ1n) is 8.23. The Morgan fingerprint density at radius 3 is 2.70 bits per heavy atom. The lowest BCUT2D eigenvalue weighted by Gasteiger charge is -2.21. The molecule has 1 saturated heterocycles. The minimum atomic E-state index is -3.76. The number of nitrogens with zero attached hydrogens (tertiary/aromatic N) is 3. The van der Waals surface area contributed by atoms with Crippen LogP contribution >= 0.6 is 34.5 Å². The zero-order valence-electron chi connectivity index (χ0n) is 14.2. The monoisotopic (exact) mass is 443 g/mol. The van der Waals surface area contributed by atoms with Crippen LogP contribution in [0.25, 0.3) is 10.8 Å². The quantitative estimate of drug-likeness (QED) is 0.570. The summed E-state index contributed by atoms with van der Waals surface area (Å²) in [6, 6.07) is 7.68. The van der Waals surface area contributed by atoms with E-state index in [4.69, 9.17) is 27.6 Å². The summed E-state index contributed by atoms with van der Waals surface area (Å²) >= 11 is 13.5. The van der Waals surface area contributed by atoms with Gasteiger partial charge in [0.05, 0.1) is 19.8 Å². The van der Waals surface area contributed by atoms with Gasteiger partial charge in [0.1, 0.15) is 6.04 Å². The second-order valence-electron chi connectivity index (χ2n) is 6.21. The van der Waals surface area contributed by atoms with Crippen LogP contribution in [0.5, 0.6) is 0 Å². The molecule has 0 spiro atoms. The Kier molecular flexibility index (Phi) is 5.02. The number of thiophene rings is 1. The van der Waals surface area contributed by atoms with Crippen molar-refractivity contribution in [3.8, 4) is 10.8 Å². The molecular formula is C17H15Cl2N3O3S2. The van der Waals surface area contributed by atoms with Crippen LogP contribution in [0, 0.1) is 6.92 Å². The van der Waals surface area contributed by atoms with E-state index >= 15 is 0 Å². The Labute approximate surface area is 170 Å². The first-order valence-corrected chi connectivity index (χ1v) is 11.2. The number of benzene rings is 1. The molecule has 10 heteroatoms. The van der Waals surface area contributed by atoms with Crippen molar-refractivity contribution >= 4 is 44.6 Å². The number of sulfonamides is 1. The molecule has 3 heterocycles. The normalized spacial score (nSPS) is 18.3. The minimum absolute atomic E-state index is 0.0948. The molecule has 0 unspecified atom stereocenters. The Morgan fingerprint density at radius 2 is 2.00 bits per heavy atom. The fourth-order valence-electron chi connectivity index (χ4n) is 3.07. The highest BCUT2D eigenvalue weighted by Gasteiger charge is 2.39. The number of aryl methyl sites for hydroxylation is 1. The van der Waals surface area contributed by atoms with Crippen molar-refractivity contribution < 1.29 is 12.8 Å². The third-order valence-corrected chi connectivity index (χ3v) is 8.01. The largest absolute Gasteiger partial charge is 0.418 e. The Bertz CT molecular complexity index is 1090. The Balaban J connectivity index is 1.66. The molecule has 3 aromatic rings. The fraction of sp³-hybridized carbons (Fsp3) is 0.294. The van der Waals surface area contributed by atoms with Gasteiger partial charge in [0, 0.05) is 11.4 Å². The van der Waals surface area contributed by atoms with E-state index in [9.17, 15) is 8.42 Å². The standard InChI is InChI=1S/C17H15Cl2N3O3S2/c1-10-4-7-15(26-10)17-21-20-16(25-17)14-3-2-8-22(14)27(23,24)11-5-6-12(18)13(19)9-11/h4-7,9,14H,2-3,8H2,1H3/t14-/m0/s1. The van der Waals surface area contributed by atoms with Crippen molar-refractivity contribution in [2.45, 2.75) is 30.7 Å². The predicted molar refractivity (Wildman–Crippen MR) is 105 cm³/mol. The fourth-order valence-corrected chi connectivity index (χ4v) is 5.89. The van der Waals surface area contributed by atoms with Gasteiger partial charge < -0.3 is 4.42 Å². The van der Waals surface area contributed by atoms with E-state index in [1.54, 1.807) is 11.3 Å². The van der Waals surface area contributed by atoms with Crippen LogP contribution in [-0.4, -0.2) is 29.5 Å². The van der Waals surface area contributed by atoms with Crippen molar-refractivity contribution in [1.82, 2.24) is 14.5 Å². The summed E-state index contributed by atoms with van der Waals surface area (Å²) in [7, 11) is -3.76. The molecule has 1 fully saturated rings. The number of halogens is 2. The first kappa shape index (κ1) is 18.9. The van der Waals surface area contributed by atoms with Gasteiger partial charge in [-0.2, -0.15) is 4.31 Å². The molecule has 27 heavy (non-hydrogen) atoms. The van der Waals surface area contributed by atoms with E-state index in [1.807, 2.05) is 19.1 Å². The van der Waals surface area contributed by atoms with Gasteiger partial charge in [-0.05, 0) is 50.1 Å². The lowest BCUT2D eigenvalue weighted by molar-refractivity contribution is 0.332. The molecule has 1 aliphatic heterocycles. The molecule has 142 valence electrons. The molecular weight excluding hydrogens is 429 g/mol. The van der Waals surface area contributed by atoms with Crippen molar-refractivity contribution in [3.63, 3.8) is 0 Å². The van der Waals surface area contributed by atoms with Crippen LogP contribution in [0.15, 0.2) is 39.6 Å². The van der Waals surface area contributed by atoms with E-state index in [-0.39, 0.29) is 9.92 Å². The molecule has 0 N–H and O–H groups in total. The van der Waals surface area contributed by atoms with Gasteiger partial charge in [0.25, 0.3) is 5.89 Å². The maximum absolute atomic E-state index is 13.1. The zero-order valence-corrected chi connectivity index (χ0v) is 17.4. The highest BCUT2D eigenvalue weighted by molar-refractivity contribution is 7.89. The molecule has 0 radical (unpaired) electrons. The van der Waals surface area contributed by atoms with Gasteiger partial charge in [0.15, 0.2) is 0 Å². The minimum Gasteiger partial charge on any atom is -0.418 e. The Morgan fingerprint density at radius 1 is 1.19 bits per heavy atom. The van der Waals surface area contributed by atoms with Crippen molar-refractivity contribution in [1.29, 1.82) is 0 Å². The highest BCUT2D eigenvalue weighted by Crippen LogP contribution is 2.38. The van der Waals surface area contributed by atoms with E-state index < -0.39 is 16.1 Å². The van der Waals surface area contributed by atoms with Crippen LogP contribution in [0.1, 0.15) is 29.7 Å². The summed E-state index contributed by atoms with van der Waals surface area (Å²) in [5, 5.41) is 8.71. The van der Waals surface area contributed by atoms with Crippen LogP contribution in [0.3, 0.4) is 0 Å². The van der Waals surface area contributed by atoms with E-state index in [0.717, 1.165) is 9.75 Å². The number of hydrogen-bond acceptors (Lipinski definition) is 6. The topological polar surface area (TPSA) is 76.3 Å². The molecule has 1 aromatic carbocycles. The van der Waals surface area contributed by atoms with Gasteiger partial charge in [-0.1, -0.05) is 23.2 Å². The molecule has 0 saturated carbocycles. The molecule has 2 aromatic heterocycles. The second-order valence-corrected chi connectivity index (χ2v) is 10.2. The van der Waals surface area contributed by atoms with E-state index in [0.29, 0.717) is 36.2 Å². The summed E-state index contributed by atoms with van der Waals surface area (Å²) in [6.45, 7) is 2.37. The summed E-state index contributed by atoms with van der Waals surface area (Å²) in [5.41, 5.74) is 0. The predicted octanol–water partition coefficient (Wildman–Crippen LogP) is 4.94. The third-order valence-electron chi connectivity index (χ3n) is 4.38. The molecule has 1 atom stereocenters. The molecule has 0 bridgehead atoms. The maximum atomic E-state index is 13.1. The Hall–Kier alpha value is -1.45. The van der Waals surface area contributed by atoms with E-state index in [1.165, 1.54) is 22.5 Å². The summed E-state index contributed by atoms with van der Waals surface area (Å²) in [6.07, 6.45) is 1.33.